The third-order valence-corrected chi connectivity index (χ3v) is 2.01. The first kappa shape index (κ1) is 15.8. The van der Waals surface area contributed by atoms with E-state index in [1.54, 1.807) is 6.92 Å². The molecule has 17 heavy (non-hydrogen) atoms. The van der Waals surface area contributed by atoms with Gasteiger partial charge in [0.25, 0.3) is 0 Å². The van der Waals surface area contributed by atoms with Gasteiger partial charge in [0, 0.05) is 13.7 Å². The lowest BCUT2D eigenvalue weighted by atomic mass is 10.3. The molecule has 0 aromatic carbocycles. The maximum absolute atomic E-state index is 11.4. The van der Waals surface area contributed by atoms with Crippen LogP contribution in [0, 0.1) is 0 Å². The number of ether oxygens (including phenoxy) is 1. The summed E-state index contributed by atoms with van der Waals surface area (Å²) in [4.78, 5) is 22.2. The fourth-order valence-corrected chi connectivity index (χ4v) is 1.03. The van der Waals surface area contributed by atoms with Crippen LogP contribution in [0.1, 0.15) is 13.3 Å². The number of carbonyl (C=O) groups excluding carboxylic acids is 2. The molecule has 1 unspecified atom stereocenters. The third-order valence-electron chi connectivity index (χ3n) is 2.01. The Kier molecular flexibility index (Phi) is 9.31. The quantitative estimate of drug-likeness (QED) is 0.405. The normalized spacial score (nSPS) is 11.9. The smallest absolute Gasteiger partial charge is 0.321 e. The van der Waals surface area contributed by atoms with Gasteiger partial charge in [0.2, 0.25) is 5.91 Å². The molecule has 4 N–H and O–H groups in total. The number of nitrogens with one attached hydrogen (secondary N) is 3. The largest absolute Gasteiger partial charge is 0.394 e. The van der Waals surface area contributed by atoms with Crippen molar-refractivity contribution in [3.05, 3.63) is 0 Å². The van der Waals surface area contributed by atoms with Gasteiger partial charge in [-0.1, -0.05) is 0 Å². The Morgan fingerprint density at radius 1 is 1.35 bits per heavy atom. The van der Waals surface area contributed by atoms with E-state index in [4.69, 9.17) is 9.84 Å². The Morgan fingerprint density at radius 2 is 2.06 bits per heavy atom. The topological polar surface area (TPSA) is 99.7 Å². The predicted octanol–water partition coefficient (Wildman–Crippen LogP) is -1.18. The van der Waals surface area contributed by atoms with Crippen LogP contribution in [0.3, 0.4) is 0 Å². The number of urea groups is 1. The highest BCUT2D eigenvalue weighted by atomic mass is 16.5. The first-order valence-corrected chi connectivity index (χ1v) is 5.56. The summed E-state index contributed by atoms with van der Waals surface area (Å²) in [6, 6.07) is -0.958. The minimum absolute atomic E-state index is 0.0123. The van der Waals surface area contributed by atoms with E-state index >= 15 is 0 Å². The van der Waals surface area contributed by atoms with Crippen LogP contribution in [0.2, 0.25) is 0 Å². The molecular weight excluding hydrogens is 226 g/mol. The number of rotatable bonds is 8. The van der Waals surface area contributed by atoms with Crippen LogP contribution in [0.25, 0.3) is 0 Å². The minimum atomic E-state index is -0.519. The lowest BCUT2D eigenvalue weighted by Crippen LogP contribution is -2.47. The molecule has 0 rings (SSSR count). The lowest BCUT2D eigenvalue weighted by Gasteiger charge is -2.13. The summed E-state index contributed by atoms with van der Waals surface area (Å²) < 4.78 is 5.05. The van der Waals surface area contributed by atoms with Gasteiger partial charge in [0.15, 0.2) is 0 Å². The van der Waals surface area contributed by atoms with E-state index in [0.29, 0.717) is 19.8 Å². The molecular formula is C10H21N3O4. The van der Waals surface area contributed by atoms with E-state index < -0.39 is 12.1 Å². The van der Waals surface area contributed by atoms with E-state index in [-0.39, 0.29) is 12.5 Å². The van der Waals surface area contributed by atoms with Crippen LogP contribution in [-0.2, 0) is 9.53 Å². The van der Waals surface area contributed by atoms with Crippen molar-refractivity contribution in [1.29, 1.82) is 0 Å². The number of hydrogen-bond donors (Lipinski definition) is 4. The van der Waals surface area contributed by atoms with Crippen molar-refractivity contribution in [3.63, 3.8) is 0 Å². The van der Waals surface area contributed by atoms with E-state index in [9.17, 15) is 9.59 Å². The van der Waals surface area contributed by atoms with Crippen molar-refractivity contribution in [2.45, 2.75) is 19.4 Å². The average molecular weight is 247 g/mol. The standard InChI is InChI=1S/C10H21N3O4/c1-8(9(15)13-10(16)11-2)12-4-3-6-17-7-5-14/h8,12,14H,3-7H2,1-2H3,(H2,11,13,15,16). The summed E-state index contributed by atoms with van der Waals surface area (Å²) in [5, 5.41) is 15.9. The van der Waals surface area contributed by atoms with Gasteiger partial charge in [-0.2, -0.15) is 0 Å². The monoisotopic (exact) mass is 247 g/mol. The molecule has 100 valence electrons. The summed E-state index contributed by atoms with van der Waals surface area (Å²) in [6.45, 7) is 3.14. The molecule has 0 saturated carbocycles. The molecule has 0 aliphatic carbocycles. The second-order valence-corrected chi connectivity index (χ2v) is 3.43. The van der Waals surface area contributed by atoms with Crippen LogP contribution < -0.4 is 16.0 Å². The molecule has 0 aromatic rings. The zero-order chi connectivity index (χ0) is 13.1. The summed E-state index contributed by atoms with van der Waals surface area (Å²) in [6.07, 6.45) is 0.734. The molecule has 7 heteroatoms. The highest BCUT2D eigenvalue weighted by molar-refractivity contribution is 5.96. The highest BCUT2D eigenvalue weighted by Crippen LogP contribution is 1.85. The van der Waals surface area contributed by atoms with Gasteiger partial charge in [0.1, 0.15) is 0 Å². The van der Waals surface area contributed by atoms with Crippen LogP contribution in [0.4, 0.5) is 4.79 Å². The van der Waals surface area contributed by atoms with Gasteiger partial charge in [-0.3, -0.25) is 10.1 Å². The third kappa shape index (κ3) is 8.61. The summed E-state index contributed by atoms with van der Waals surface area (Å²) >= 11 is 0. The fourth-order valence-electron chi connectivity index (χ4n) is 1.03. The molecule has 0 aliphatic rings. The molecule has 0 spiro atoms. The molecule has 1 atom stereocenters. The van der Waals surface area contributed by atoms with E-state index in [2.05, 4.69) is 16.0 Å². The Balaban J connectivity index is 3.54. The zero-order valence-electron chi connectivity index (χ0n) is 10.3. The predicted molar refractivity (Wildman–Crippen MR) is 62.6 cm³/mol. The van der Waals surface area contributed by atoms with Gasteiger partial charge in [-0.15, -0.1) is 0 Å². The van der Waals surface area contributed by atoms with E-state index in [1.807, 2.05) is 0 Å². The van der Waals surface area contributed by atoms with Gasteiger partial charge in [-0.25, -0.2) is 4.79 Å². The number of amides is 3. The summed E-state index contributed by atoms with van der Waals surface area (Å²) in [5.74, 6) is -0.374. The molecule has 0 fully saturated rings. The van der Waals surface area contributed by atoms with Crippen molar-refractivity contribution >= 4 is 11.9 Å². The number of aliphatic hydroxyl groups excluding tert-OH is 1. The number of carbonyl (C=O) groups is 2. The van der Waals surface area contributed by atoms with Crippen molar-refractivity contribution < 1.29 is 19.4 Å². The molecule has 0 saturated heterocycles. The van der Waals surface area contributed by atoms with Crippen molar-refractivity contribution in [2.24, 2.45) is 0 Å². The molecule has 0 radical (unpaired) electrons. The Hall–Kier alpha value is -1.18. The van der Waals surface area contributed by atoms with E-state index in [1.165, 1.54) is 7.05 Å². The Labute approximate surface area is 101 Å². The lowest BCUT2D eigenvalue weighted by molar-refractivity contribution is -0.121. The van der Waals surface area contributed by atoms with Gasteiger partial charge in [-0.05, 0) is 19.9 Å². The molecule has 0 aromatic heterocycles. The van der Waals surface area contributed by atoms with Crippen molar-refractivity contribution in [2.75, 3.05) is 33.4 Å². The maximum atomic E-state index is 11.4. The minimum Gasteiger partial charge on any atom is -0.394 e. The summed E-state index contributed by atoms with van der Waals surface area (Å²) in [7, 11) is 1.44. The van der Waals surface area contributed by atoms with Crippen LogP contribution >= 0.6 is 0 Å². The SMILES string of the molecule is CNC(=O)NC(=O)C(C)NCCCOCCO. The molecule has 0 heterocycles. The first-order valence-electron chi connectivity index (χ1n) is 5.56. The first-order chi connectivity index (χ1) is 8.11. The molecule has 7 nitrogen and oxygen atoms in total. The molecule has 3 amide bonds. The van der Waals surface area contributed by atoms with Gasteiger partial charge < -0.3 is 20.5 Å². The zero-order valence-corrected chi connectivity index (χ0v) is 10.3. The van der Waals surface area contributed by atoms with Crippen molar-refractivity contribution in [1.82, 2.24) is 16.0 Å². The van der Waals surface area contributed by atoms with Crippen LogP contribution in [-0.4, -0.2) is 56.5 Å². The van der Waals surface area contributed by atoms with Crippen LogP contribution in [0.15, 0.2) is 0 Å². The van der Waals surface area contributed by atoms with Crippen molar-refractivity contribution in [3.8, 4) is 0 Å². The number of aliphatic hydroxyl groups is 1. The van der Waals surface area contributed by atoms with Gasteiger partial charge in [0.05, 0.1) is 19.3 Å². The highest BCUT2D eigenvalue weighted by Gasteiger charge is 2.13. The fraction of sp³-hybridized carbons (Fsp3) is 0.800. The average Bonchev–Trinajstić information content (AvgIpc) is 2.32. The molecule has 0 bridgehead atoms. The number of hydrogen-bond acceptors (Lipinski definition) is 5. The Morgan fingerprint density at radius 3 is 2.65 bits per heavy atom. The van der Waals surface area contributed by atoms with Crippen LogP contribution in [0.5, 0.6) is 0 Å². The second-order valence-electron chi connectivity index (χ2n) is 3.43. The second kappa shape index (κ2) is 10.0. The number of imide groups is 1. The molecule has 0 aliphatic heterocycles. The Bertz CT molecular complexity index is 236. The van der Waals surface area contributed by atoms with E-state index in [0.717, 1.165) is 6.42 Å². The maximum Gasteiger partial charge on any atom is 0.321 e. The summed E-state index contributed by atoms with van der Waals surface area (Å²) in [5.41, 5.74) is 0. The van der Waals surface area contributed by atoms with Gasteiger partial charge >= 0.3 is 6.03 Å².